The average molecular weight is 493 g/mol. The highest BCUT2D eigenvalue weighted by Gasteiger charge is 2.44. The number of halogens is 1. The maximum atomic E-state index is 15.0. The summed E-state index contributed by atoms with van der Waals surface area (Å²) in [6.45, 7) is 0. The minimum atomic E-state index is -1.05. The quantitative estimate of drug-likeness (QED) is 0.519. The monoisotopic (exact) mass is 492 g/mol. The van der Waals surface area contributed by atoms with Crippen LogP contribution >= 0.6 is 0 Å². The lowest BCUT2D eigenvalue weighted by Crippen LogP contribution is -2.44. The van der Waals surface area contributed by atoms with Gasteiger partial charge in [-0.05, 0) is 35.9 Å². The smallest absolute Gasteiger partial charge is 0.339 e. The molecule has 0 saturated heterocycles. The zero-order valence-electron chi connectivity index (χ0n) is 20.2. The van der Waals surface area contributed by atoms with Gasteiger partial charge in [0.1, 0.15) is 5.82 Å². The Balaban J connectivity index is 1.90. The first-order chi connectivity index (χ1) is 17.3. The molecule has 0 fully saturated rings. The number of methoxy groups -OCH3 is 3. The van der Waals surface area contributed by atoms with Crippen LogP contribution in [-0.2, 0) is 9.53 Å². The van der Waals surface area contributed by atoms with Crippen LogP contribution in [0.4, 0.5) is 10.1 Å². The van der Waals surface area contributed by atoms with Crippen LogP contribution in [0.25, 0.3) is 0 Å². The molecule has 186 valence electrons. The molecule has 1 aliphatic heterocycles. The fourth-order valence-electron chi connectivity index (χ4n) is 4.53. The molecule has 1 N–H and O–H groups in total. The van der Waals surface area contributed by atoms with Crippen molar-refractivity contribution in [2.45, 2.75) is 12.0 Å². The summed E-state index contributed by atoms with van der Waals surface area (Å²) in [5.74, 6) is -2.56. The van der Waals surface area contributed by atoms with E-state index in [4.69, 9.17) is 14.2 Å². The van der Waals surface area contributed by atoms with Crippen LogP contribution in [-0.4, -0.2) is 51.1 Å². The highest BCUT2D eigenvalue weighted by Crippen LogP contribution is 2.46. The average Bonchev–Trinajstić information content (AvgIpc) is 2.90. The van der Waals surface area contributed by atoms with Gasteiger partial charge >= 0.3 is 5.97 Å². The predicted octanol–water partition coefficient (Wildman–Crippen LogP) is 4.18. The van der Waals surface area contributed by atoms with Gasteiger partial charge in [-0.25, -0.2) is 9.18 Å². The summed E-state index contributed by atoms with van der Waals surface area (Å²) in [6, 6.07) is 14.5. The number of para-hydroxylation sites is 1. The van der Waals surface area contributed by atoms with Gasteiger partial charge in [0.05, 0.1) is 44.5 Å². The number of nitrogens with one attached hydrogen (secondary N) is 1. The molecule has 0 aromatic heterocycles. The summed E-state index contributed by atoms with van der Waals surface area (Å²) in [6.07, 6.45) is 0. The van der Waals surface area contributed by atoms with Crippen LogP contribution in [0.2, 0.25) is 0 Å². The lowest BCUT2D eigenvalue weighted by molar-refractivity contribution is -0.119. The third-order valence-corrected chi connectivity index (χ3v) is 6.27. The summed E-state index contributed by atoms with van der Waals surface area (Å²) < 4.78 is 30.6. The third-order valence-electron chi connectivity index (χ3n) is 6.27. The molecule has 8 nitrogen and oxygen atoms in total. The van der Waals surface area contributed by atoms with Gasteiger partial charge in [0, 0.05) is 18.2 Å². The zero-order valence-corrected chi connectivity index (χ0v) is 20.2. The van der Waals surface area contributed by atoms with Crippen molar-refractivity contribution >= 4 is 23.5 Å². The first-order valence-electron chi connectivity index (χ1n) is 11.1. The number of nitrogens with zero attached hydrogens (tertiary/aromatic N) is 1. The Bertz CT molecular complexity index is 1340. The first-order valence-corrected chi connectivity index (χ1v) is 11.1. The lowest BCUT2D eigenvalue weighted by Gasteiger charge is -2.40. The maximum Gasteiger partial charge on any atom is 0.339 e. The van der Waals surface area contributed by atoms with E-state index >= 15 is 4.39 Å². The maximum absolute atomic E-state index is 15.0. The van der Waals surface area contributed by atoms with Gasteiger partial charge in [-0.15, -0.1) is 0 Å². The van der Waals surface area contributed by atoms with E-state index < -0.39 is 35.6 Å². The topological polar surface area (TPSA) is 94.2 Å². The van der Waals surface area contributed by atoms with Crippen molar-refractivity contribution in [3.63, 3.8) is 0 Å². The Kier molecular flexibility index (Phi) is 6.91. The molecule has 0 saturated carbocycles. The first kappa shape index (κ1) is 24.7. The third kappa shape index (κ3) is 4.24. The second-order valence-corrected chi connectivity index (χ2v) is 8.18. The van der Waals surface area contributed by atoms with Crippen LogP contribution in [0.5, 0.6) is 11.5 Å². The Labute approximate surface area is 207 Å². The predicted molar refractivity (Wildman–Crippen MR) is 130 cm³/mol. The van der Waals surface area contributed by atoms with Crippen molar-refractivity contribution in [3.8, 4) is 11.5 Å². The van der Waals surface area contributed by atoms with E-state index in [0.717, 1.165) is 0 Å². The molecule has 9 heteroatoms. The second-order valence-electron chi connectivity index (χ2n) is 8.18. The number of carbonyl (C=O) groups excluding carboxylic acids is 3. The van der Waals surface area contributed by atoms with E-state index in [1.54, 1.807) is 30.3 Å². The zero-order chi connectivity index (χ0) is 26.0. The number of anilines is 1. The molecule has 0 bridgehead atoms. The number of amides is 2. The van der Waals surface area contributed by atoms with Gasteiger partial charge in [0.15, 0.2) is 11.5 Å². The Morgan fingerprint density at radius 3 is 2.22 bits per heavy atom. The van der Waals surface area contributed by atoms with Crippen molar-refractivity contribution in [2.24, 2.45) is 0 Å². The Hall–Kier alpha value is -4.40. The van der Waals surface area contributed by atoms with E-state index in [2.05, 4.69) is 5.32 Å². The number of rotatable bonds is 6. The fraction of sp³-hybridized carbons (Fsp3) is 0.222. The van der Waals surface area contributed by atoms with Crippen molar-refractivity contribution in [1.82, 2.24) is 4.90 Å². The standard InChI is InChI=1S/C27H25FN2O6/c1-30-24(15-9-5-7-11-19(15)28)23(17-13-21(34-2)22(35-3)14-18(17)26(30)32)25(31)29-20-12-8-6-10-16(20)27(33)36-4/h5-14,23-24H,1-4H3,(H,29,31)/t23-,24-/m1/s1. The number of hydrogen-bond acceptors (Lipinski definition) is 6. The van der Waals surface area contributed by atoms with Crippen LogP contribution < -0.4 is 14.8 Å². The van der Waals surface area contributed by atoms with Gasteiger partial charge in [0.25, 0.3) is 5.91 Å². The van der Waals surface area contributed by atoms with Crippen molar-refractivity contribution in [1.29, 1.82) is 0 Å². The normalized spacial score (nSPS) is 16.7. The number of hydrogen-bond donors (Lipinski definition) is 1. The number of fused-ring (bicyclic) bond motifs is 1. The molecule has 1 aliphatic rings. The SMILES string of the molecule is COC(=O)c1ccccc1NC(=O)[C@@H]1c2cc(OC)c(OC)cc2C(=O)N(C)[C@@H]1c1ccccc1F. The van der Waals surface area contributed by atoms with Crippen molar-refractivity contribution in [3.05, 3.63) is 88.7 Å². The van der Waals surface area contributed by atoms with E-state index in [1.807, 2.05) is 0 Å². The highest BCUT2D eigenvalue weighted by molar-refractivity contribution is 6.07. The van der Waals surface area contributed by atoms with Gasteiger partial charge in [-0.3, -0.25) is 9.59 Å². The van der Waals surface area contributed by atoms with Crippen LogP contribution in [0.1, 0.15) is 43.8 Å². The molecule has 2 amide bonds. The summed E-state index contributed by atoms with van der Waals surface area (Å²) >= 11 is 0. The number of carbonyl (C=O) groups is 3. The van der Waals surface area contributed by atoms with Crippen molar-refractivity contribution in [2.75, 3.05) is 33.7 Å². The number of ether oxygens (including phenoxy) is 3. The second kappa shape index (κ2) is 10.1. The molecular weight excluding hydrogens is 467 g/mol. The van der Waals surface area contributed by atoms with E-state index in [0.29, 0.717) is 17.1 Å². The van der Waals surface area contributed by atoms with Gasteiger partial charge in [0.2, 0.25) is 5.91 Å². The number of likely N-dealkylation sites (N-methyl/N-ethyl adjacent to an activating group) is 1. The Morgan fingerprint density at radius 1 is 0.917 bits per heavy atom. The molecule has 0 radical (unpaired) electrons. The van der Waals surface area contributed by atoms with Gasteiger partial charge < -0.3 is 24.4 Å². The number of esters is 1. The molecule has 0 aliphatic carbocycles. The fourth-order valence-corrected chi connectivity index (χ4v) is 4.53. The highest BCUT2D eigenvalue weighted by atomic mass is 19.1. The molecule has 2 atom stereocenters. The van der Waals surface area contributed by atoms with E-state index in [-0.39, 0.29) is 22.4 Å². The summed E-state index contributed by atoms with van der Waals surface area (Å²) in [5, 5.41) is 2.78. The molecule has 4 rings (SSSR count). The molecule has 36 heavy (non-hydrogen) atoms. The summed E-state index contributed by atoms with van der Waals surface area (Å²) in [7, 11) is 5.64. The van der Waals surface area contributed by atoms with Crippen molar-refractivity contribution < 1.29 is 33.0 Å². The molecule has 3 aromatic rings. The molecule has 3 aromatic carbocycles. The largest absolute Gasteiger partial charge is 0.493 e. The van der Waals surface area contributed by atoms with E-state index in [1.165, 1.54) is 63.6 Å². The molecule has 0 spiro atoms. The minimum absolute atomic E-state index is 0.156. The van der Waals surface area contributed by atoms with Crippen LogP contribution in [0.15, 0.2) is 60.7 Å². The molecular formula is C27H25FN2O6. The summed E-state index contributed by atoms with van der Waals surface area (Å²) in [5.41, 5.74) is 1.13. The van der Waals surface area contributed by atoms with Crippen LogP contribution in [0.3, 0.4) is 0 Å². The van der Waals surface area contributed by atoms with E-state index in [9.17, 15) is 14.4 Å². The summed E-state index contributed by atoms with van der Waals surface area (Å²) in [4.78, 5) is 40.9. The minimum Gasteiger partial charge on any atom is -0.493 e. The molecule has 0 unspecified atom stereocenters. The number of benzene rings is 3. The van der Waals surface area contributed by atoms with Crippen LogP contribution in [0, 0.1) is 5.82 Å². The lowest BCUT2D eigenvalue weighted by atomic mass is 9.79. The van der Waals surface area contributed by atoms with Gasteiger partial charge in [-0.2, -0.15) is 0 Å². The van der Waals surface area contributed by atoms with Gasteiger partial charge in [-0.1, -0.05) is 30.3 Å². The Morgan fingerprint density at radius 2 is 1.56 bits per heavy atom. The molecule has 1 heterocycles.